The first kappa shape index (κ1) is 26.0. The van der Waals surface area contributed by atoms with Crippen LogP contribution in [0.4, 0.5) is 0 Å². The molecule has 1 atom stereocenters. The fraction of sp³-hybridized carbons (Fsp3) is 0.567. The molecule has 1 heterocycles. The van der Waals surface area contributed by atoms with Gasteiger partial charge in [0, 0.05) is 41.1 Å². The van der Waals surface area contributed by atoms with Gasteiger partial charge in [-0.05, 0) is 56.0 Å². The molecule has 2 aromatic rings. The second-order valence-corrected chi connectivity index (χ2v) is 10.7. The van der Waals surface area contributed by atoms with Gasteiger partial charge in [-0.15, -0.1) is 0 Å². The Balaban J connectivity index is 1.56. The molecule has 4 nitrogen and oxygen atoms in total. The fourth-order valence-corrected chi connectivity index (χ4v) is 6.13. The molecule has 2 aromatic carbocycles. The first-order chi connectivity index (χ1) is 17.0. The van der Waals surface area contributed by atoms with Crippen molar-refractivity contribution in [1.82, 2.24) is 4.90 Å². The van der Waals surface area contributed by atoms with Gasteiger partial charge in [0.25, 0.3) is 0 Å². The Bertz CT molecular complexity index is 1020. The van der Waals surface area contributed by atoms with E-state index in [1.807, 2.05) is 18.2 Å². The van der Waals surface area contributed by atoms with Gasteiger partial charge >= 0.3 is 5.97 Å². The van der Waals surface area contributed by atoms with E-state index in [9.17, 15) is 4.79 Å². The van der Waals surface area contributed by atoms with Crippen LogP contribution in [0.25, 0.3) is 0 Å². The third-order valence-corrected chi connectivity index (χ3v) is 8.15. The number of halogens is 1. The number of benzene rings is 2. The van der Waals surface area contributed by atoms with Crippen LogP contribution in [0.2, 0.25) is 5.02 Å². The average Bonchev–Trinajstić information content (AvgIpc) is 3.65. The molecule has 190 valence electrons. The minimum Gasteiger partial charge on any atom is -0.497 e. The molecule has 2 aliphatic rings. The highest BCUT2D eigenvalue weighted by atomic mass is 35.5. The number of carbonyl (C=O) groups excluding carboxylic acids is 1. The predicted molar refractivity (Wildman–Crippen MR) is 143 cm³/mol. The summed E-state index contributed by atoms with van der Waals surface area (Å²) in [5.74, 6) is 1.25. The number of hydrogen-bond donors (Lipinski definition) is 0. The second-order valence-electron chi connectivity index (χ2n) is 10.3. The van der Waals surface area contributed by atoms with E-state index in [4.69, 9.17) is 21.1 Å². The smallest absolute Gasteiger partial charge is 0.311 e. The largest absolute Gasteiger partial charge is 0.497 e. The molecule has 0 spiro atoms. The molecular weight excluding hydrogens is 458 g/mol. The third kappa shape index (κ3) is 5.86. The van der Waals surface area contributed by atoms with Crippen molar-refractivity contribution in [3.63, 3.8) is 0 Å². The highest BCUT2D eigenvalue weighted by Crippen LogP contribution is 2.62. The molecular formula is C30H40ClNO3. The summed E-state index contributed by atoms with van der Waals surface area (Å²) < 4.78 is 11.7. The molecule has 0 N–H and O–H groups in total. The van der Waals surface area contributed by atoms with E-state index in [-0.39, 0.29) is 17.4 Å². The molecule has 0 aromatic heterocycles. The number of methoxy groups -OCH3 is 1. The lowest BCUT2D eigenvalue weighted by Gasteiger charge is -2.41. The SMILES string of the molecule is CCCCCCCCCC(=O)Oc1cc(OC)cc2c1C(C1(c3ccccc3Cl)CC1)N(C)CC2. The Morgan fingerprint density at radius 3 is 2.49 bits per heavy atom. The van der Waals surface area contributed by atoms with Gasteiger partial charge in [-0.1, -0.05) is 75.2 Å². The van der Waals surface area contributed by atoms with Crippen molar-refractivity contribution in [1.29, 1.82) is 0 Å². The Kier molecular flexibility index (Phi) is 8.77. The van der Waals surface area contributed by atoms with E-state index >= 15 is 0 Å². The summed E-state index contributed by atoms with van der Waals surface area (Å²) in [6.07, 6.45) is 11.7. The van der Waals surface area contributed by atoms with Gasteiger partial charge in [-0.3, -0.25) is 9.69 Å². The van der Waals surface area contributed by atoms with E-state index in [2.05, 4.69) is 37.1 Å². The lowest BCUT2D eigenvalue weighted by molar-refractivity contribution is -0.134. The summed E-state index contributed by atoms with van der Waals surface area (Å²) in [4.78, 5) is 15.3. The maximum absolute atomic E-state index is 12.9. The maximum Gasteiger partial charge on any atom is 0.311 e. The number of nitrogens with zero attached hydrogens (tertiary/aromatic N) is 1. The van der Waals surface area contributed by atoms with E-state index < -0.39 is 0 Å². The standard InChI is InChI=1S/C30H40ClNO3/c1-4-5-6-7-8-9-10-15-27(33)35-26-21-23(34-3)20-22-16-19-32(2)29(28(22)26)30(17-18-30)24-13-11-12-14-25(24)31/h11-14,20-21,29H,4-10,15-19H2,1-3H3. The van der Waals surface area contributed by atoms with Gasteiger partial charge in [-0.25, -0.2) is 0 Å². The monoisotopic (exact) mass is 497 g/mol. The number of unbranched alkanes of at least 4 members (excludes halogenated alkanes) is 6. The molecule has 4 rings (SSSR count). The van der Waals surface area contributed by atoms with Crippen molar-refractivity contribution in [2.24, 2.45) is 0 Å². The van der Waals surface area contributed by atoms with E-state index in [0.29, 0.717) is 12.2 Å². The topological polar surface area (TPSA) is 38.8 Å². The summed E-state index contributed by atoms with van der Waals surface area (Å²) in [5, 5.41) is 0.816. The summed E-state index contributed by atoms with van der Waals surface area (Å²) in [6, 6.07) is 12.3. The van der Waals surface area contributed by atoms with Crippen LogP contribution in [0.1, 0.15) is 93.9 Å². The van der Waals surface area contributed by atoms with E-state index in [1.165, 1.54) is 43.2 Å². The third-order valence-electron chi connectivity index (χ3n) is 7.82. The first-order valence-electron chi connectivity index (χ1n) is 13.4. The Morgan fingerprint density at radius 2 is 1.80 bits per heavy atom. The van der Waals surface area contributed by atoms with Gasteiger partial charge in [0.15, 0.2) is 0 Å². The Morgan fingerprint density at radius 1 is 1.09 bits per heavy atom. The molecule has 1 saturated carbocycles. The number of ether oxygens (including phenoxy) is 2. The molecule has 1 unspecified atom stereocenters. The molecule has 0 radical (unpaired) electrons. The average molecular weight is 498 g/mol. The summed E-state index contributed by atoms with van der Waals surface area (Å²) in [7, 11) is 3.85. The van der Waals surface area contributed by atoms with Crippen LogP contribution in [0.3, 0.4) is 0 Å². The number of rotatable bonds is 12. The number of likely N-dealkylation sites (N-methyl/N-ethyl adjacent to an activating group) is 1. The Labute approximate surface area is 215 Å². The minimum absolute atomic E-state index is 0.0590. The van der Waals surface area contributed by atoms with E-state index in [1.54, 1.807) is 7.11 Å². The highest BCUT2D eigenvalue weighted by molar-refractivity contribution is 6.31. The predicted octanol–water partition coefficient (Wildman–Crippen LogP) is 7.66. The lowest BCUT2D eigenvalue weighted by atomic mass is 9.78. The van der Waals surface area contributed by atoms with Gasteiger partial charge in [0.1, 0.15) is 11.5 Å². The van der Waals surface area contributed by atoms with E-state index in [0.717, 1.165) is 55.0 Å². The molecule has 1 aliphatic heterocycles. The van der Waals surface area contributed by atoms with Crippen molar-refractivity contribution in [2.45, 2.75) is 89.0 Å². The van der Waals surface area contributed by atoms with Gasteiger partial charge in [-0.2, -0.15) is 0 Å². The fourth-order valence-electron chi connectivity index (χ4n) is 5.81. The minimum atomic E-state index is -0.149. The van der Waals surface area contributed by atoms with Crippen molar-refractivity contribution in [2.75, 3.05) is 20.7 Å². The van der Waals surface area contributed by atoms with Crippen molar-refractivity contribution >= 4 is 17.6 Å². The summed E-state index contributed by atoms with van der Waals surface area (Å²) >= 11 is 6.70. The number of hydrogen-bond acceptors (Lipinski definition) is 4. The quantitative estimate of drug-likeness (QED) is 0.171. The number of carbonyl (C=O) groups is 1. The number of fused-ring (bicyclic) bond motifs is 1. The van der Waals surface area contributed by atoms with Crippen LogP contribution in [0.5, 0.6) is 11.5 Å². The zero-order valence-electron chi connectivity index (χ0n) is 21.6. The van der Waals surface area contributed by atoms with Crippen LogP contribution in [-0.2, 0) is 16.6 Å². The highest BCUT2D eigenvalue weighted by Gasteiger charge is 2.55. The zero-order chi connectivity index (χ0) is 24.8. The molecule has 0 bridgehead atoms. The summed E-state index contributed by atoms with van der Waals surface area (Å²) in [5.41, 5.74) is 3.48. The summed E-state index contributed by atoms with van der Waals surface area (Å²) in [6.45, 7) is 3.18. The van der Waals surface area contributed by atoms with Gasteiger partial charge in [0.05, 0.1) is 7.11 Å². The first-order valence-corrected chi connectivity index (χ1v) is 13.7. The van der Waals surface area contributed by atoms with Crippen LogP contribution in [-0.4, -0.2) is 31.6 Å². The molecule has 5 heteroatoms. The lowest BCUT2D eigenvalue weighted by Crippen LogP contribution is -2.40. The molecule has 1 fully saturated rings. The van der Waals surface area contributed by atoms with Crippen LogP contribution in [0, 0.1) is 0 Å². The van der Waals surface area contributed by atoms with Crippen molar-refractivity contribution in [3.8, 4) is 11.5 Å². The molecule has 1 aliphatic carbocycles. The van der Waals surface area contributed by atoms with Crippen LogP contribution >= 0.6 is 11.6 Å². The zero-order valence-corrected chi connectivity index (χ0v) is 22.3. The number of esters is 1. The maximum atomic E-state index is 12.9. The Hall–Kier alpha value is -2.04. The van der Waals surface area contributed by atoms with Crippen LogP contribution in [0.15, 0.2) is 36.4 Å². The second kappa shape index (κ2) is 11.8. The van der Waals surface area contributed by atoms with Crippen LogP contribution < -0.4 is 9.47 Å². The van der Waals surface area contributed by atoms with Gasteiger partial charge in [0.2, 0.25) is 0 Å². The van der Waals surface area contributed by atoms with Crippen molar-refractivity contribution in [3.05, 3.63) is 58.1 Å². The molecule has 0 amide bonds. The normalized spacial score (nSPS) is 18.7. The van der Waals surface area contributed by atoms with Gasteiger partial charge < -0.3 is 9.47 Å². The van der Waals surface area contributed by atoms with Crippen molar-refractivity contribution < 1.29 is 14.3 Å². The molecule has 0 saturated heterocycles. The molecule has 35 heavy (non-hydrogen) atoms.